The van der Waals surface area contributed by atoms with Gasteiger partial charge in [-0.2, -0.15) is 13.2 Å². The molecule has 1 aromatic heterocycles. The molecule has 1 heterocycles. The van der Waals surface area contributed by atoms with E-state index in [4.69, 9.17) is 4.42 Å². The molecule has 0 aliphatic carbocycles. The summed E-state index contributed by atoms with van der Waals surface area (Å²) >= 11 is 0. The van der Waals surface area contributed by atoms with E-state index in [1.807, 2.05) is 0 Å². The molecule has 0 atom stereocenters. The fraction of sp³-hybridized carbons (Fsp3) is 0.0500. The number of benzene rings is 2. The quantitative estimate of drug-likeness (QED) is 0.546. The molecule has 0 saturated heterocycles. The summed E-state index contributed by atoms with van der Waals surface area (Å²) in [6, 6.07) is 12.5. The topological polar surface area (TPSA) is 88.4 Å². The number of rotatable bonds is 6. The first kappa shape index (κ1) is 21.2. The van der Waals surface area contributed by atoms with Crippen molar-refractivity contribution in [3.8, 4) is 0 Å². The SMILES string of the molecule is O=C(/C=C/c1ccco1)Nc1cccc(S(=O)(=O)Nc2cccc(C(F)(F)F)c2)c1. The Kier molecular flexibility index (Phi) is 5.97. The molecule has 2 aromatic carbocycles. The van der Waals surface area contributed by atoms with Crippen LogP contribution in [0.1, 0.15) is 11.3 Å². The van der Waals surface area contributed by atoms with E-state index in [9.17, 15) is 26.4 Å². The van der Waals surface area contributed by atoms with Crippen LogP contribution in [-0.2, 0) is 21.0 Å². The number of halogens is 3. The van der Waals surface area contributed by atoms with Gasteiger partial charge in [0, 0.05) is 17.5 Å². The molecule has 30 heavy (non-hydrogen) atoms. The van der Waals surface area contributed by atoms with Crippen LogP contribution in [0.5, 0.6) is 0 Å². The van der Waals surface area contributed by atoms with Crippen LogP contribution in [0.4, 0.5) is 24.5 Å². The van der Waals surface area contributed by atoms with E-state index in [1.165, 1.54) is 48.7 Å². The van der Waals surface area contributed by atoms with E-state index in [1.54, 1.807) is 12.1 Å². The molecule has 10 heteroatoms. The zero-order valence-corrected chi connectivity index (χ0v) is 16.0. The summed E-state index contributed by atoms with van der Waals surface area (Å²) in [6.45, 7) is 0. The number of furan rings is 1. The monoisotopic (exact) mass is 436 g/mol. The summed E-state index contributed by atoms with van der Waals surface area (Å²) in [7, 11) is -4.18. The number of hydrogen-bond donors (Lipinski definition) is 2. The lowest BCUT2D eigenvalue weighted by molar-refractivity contribution is -0.137. The number of carbonyl (C=O) groups is 1. The number of alkyl halides is 3. The molecule has 3 rings (SSSR count). The first-order valence-electron chi connectivity index (χ1n) is 8.46. The molecule has 0 aliphatic heterocycles. The predicted molar refractivity (Wildman–Crippen MR) is 105 cm³/mol. The van der Waals surface area contributed by atoms with Crippen molar-refractivity contribution in [1.82, 2.24) is 0 Å². The average molecular weight is 436 g/mol. The second-order valence-electron chi connectivity index (χ2n) is 6.05. The minimum Gasteiger partial charge on any atom is -0.465 e. The third-order valence-electron chi connectivity index (χ3n) is 3.80. The van der Waals surface area contributed by atoms with Gasteiger partial charge in [-0.3, -0.25) is 9.52 Å². The van der Waals surface area contributed by atoms with Gasteiger partial charge < -0.3 is 9.73 Å². The van der Waals surface area contributed by atoms with Crippen molar-refractivity contribution >= 4 is 33.4 Å². The maximum Gasteiger partial charge on any atom is 0.416 e. The van der Waals surface area contributed by atoms with Crippen LogP contribution < -0.4 is 10.0 Å². The minimum atomic E-state index is -4.60. The molecule has 0 saturated carbocycles. The van der Waals surface area contributed by atoms with Crippen molar-refractivity contribution in [2.45, 2.75) is 11.1 Å². The molecule has 0 radical (unpaired) electrons. The first-order valence-corrected chi connectivity index (χ1v) is 9.94. The Bertz CT molecular complexity index is 1170. The fourth-order valence-electron chi connectivity index (χ4n) is 2.44. The van der Waals surface area contributed by atoms with Crippen LogP contribution in [0.3, 0.4) is 0 Å². The van der Waals surface area contributed by atoms with Gasteiger partial charge >= 0.3 is 6.18 Å². The number of anilines is 2. The Morgan fingerprint density at radius 1 is 0.967 bits per heavy atom. The molecule has 2 N–H and O–H groups in total. The third kappa shape index (κ3) is 5.51. The van der Waals surface area contributed by atoms with Crippen LogP contribution >= 0.6 is 0 Å². The molecule has 1 amide bonds. The second kappa shape index (κ2) is 8.46. The molecule has 156 valence electrons. The average Bonchev–Trinajstić information content (AvgIpc) is 3.19. The number of nitrogens with one attached hydrogen (secondary N) is 2. The van der Waals surface area contributed by atoms with E-state index in [-0.39, 0.29) is 16.3 Å². The predicted octanol–water partition coefficient (Wildman–Crippen LogP) is 4.75. The Hall–Kier alpha value is -3.53. The van der Waals surface area contributed by atoms with E-state index in [2.05, 4.69) is 10.0 Å². The maximum absolute atomic E-state index is 12.8. The zero-order valence-electron chi connectivity index (χ0n) is 15.2. The normalized spacial score (nSPS) is 12.1. The van der Waals surface area contributed by atoms with Crippen molar-refractivity contribution in [2.75, 3.05) is 10.0 Å². The van der Waals surface area contributed by atoms with E-state index >= 15 is 0 Å². The lowest BCUT2D eigenvalue weighted by atomic mass is 10.2. The van der Waals surface area contributed by atoms with Crippen LogP contribution in [0.25, 0.3) is 6.08 Å². The van der Waals surface area contributed by atoms with Gasteiger partial charge in [0.15, 0.2) is 0 Å². The Balaban J connectivity index is 1.75. The molecular weight excluding hydrogens is 421 g/mol. The second-order valence-corrected chi connectivity index (χ2v) is 7.73. The third-order valence-corrected chi connectivity index (χ3v) is 5.18. The maximum atomic E-state index is 12.8. The molecule has 0 bridgehead atoms. The van der Waals surface area contributed by atoms with Gasteiger partial charge in [-0.1, -0.05) is 12.1 Å². The van der Waals surface area contributed by atoms with E-state index < -0.39 is 27.7 Å². The lowest BCUT2D eigenvalue weighted by Crippen LogP contribution is -2.15. The highest BCUT2D eigenvalue weighted by atomic mass is 32.2. The molecule has 0 spiro atoms. The number of amides is 1. The van der Waals surface area contributed by atoms with Gasteiger partial charge in [-0.05, 0) is 54.6 Å². The summed E-state index contributed by atoms with van der Waals surface area (Å²) in [5, 5.41) is 2.50. The fourth-order valence-corrected chi connectivity index (χ4v) is 3.54. The Morgan fingerprint density at radius 2 is 1.70 bits per heavy atom. The molecule has 0 aliphatic rings. The van der Waals surface area contributed by atoms with Crippen molar-refractivity contribution in [2.24, 2.45) is 0 Å². The minimum absolute atomic E-state index is 0.191. The van der Waals surface area contributed by atoms with Gasteiger partial charge in [-0.15, -0.1) is 0 Å². The summed E-state index contributed by atoms with van der Waals surface area (Å²) in [5.74, 6) is -0.0569. The van der Waals surface area contributed by atoms with Gasteiger partial charge in [0.1, 0.15) is 5.76 Å². The summed E-state index contributed by atoms with van der Waals surface area (Å²) in [5.41, 5.74) is -1.02. The molecular formula is C20H15F3N2O4S. The summed E-state index contributed by atoms with van der Waals surface area (Å²) in [4.78, 5) is 11.8. The highest BCUT2D eigenvalue weighted by Gasteiger charge is 2.30. The Morgan fingerprint density at radius 3 is 2.40 bits per heavy atom. The van der Waals surface area contributed by atoms with Gasteiger partial charge in [-0.25, -0.2) is 8.42 Å². The van der Waals surface area contributed by atoms with E-state index in [0.29, 0.717) is 11.8 Å². The summed E-state index contributed by atoms with van der Waals surface area (Å²) in [6.07, 6.45) is -0.510. The standard InChI is InChI=1S/C20H15F3N2O4S/c21-20(22,23)14-4-1-6-16(12-14)25-30(27,28)18-8-2-5-15(13-18)24-19(26)10-9-17-7-3-11-29-17/h1-13,25H,(H,24,26)/b10-9+. The largest absolute Gasteiger partial charge is 0.465 e. The Labute approximate surface area is 170 Å². The molecule has 0 fully saturated rings. The van der Waals surface area contributed by atoms with Crippen molar-refractivity contribution in [3.05, 3.63) is 84.3 Å². The van der Waals surface area contributed by atoms with Gasteiger partial charge in [0.25, 0.3) is 10.0 Å². The molecule has 3 aromatic rings. The van der Waals surface area contributed by atoms with Crippen LogP contribution in [0.15, 0.2) is 82.3 Å². The summed E-state index contributed by atoms with van der Waals surface area (Å²) < 4.78 is 70.7. The van der Waals surface area contributed by atoms with Gasteiger partial charge in [0.2, 0.25) is 5.91 Å². The smallest absolute Gasteiger partial charge is 0.416 e. The van der Waals surface area contributed by atoms with Crippen LogP contribution in [0.2, 0.25) is 0 Å². The number of carbonyl (C=O) groups excluding carboxylic acids is 1. The zero-order chi connectivity index (χ0) is 21.8. The van der Waals surface area contributed by atoms with Crippen molar-refractivity contribution < 1.29 is 30.8 Å². The highest BCUT2D eigenvalue weighted by molar-refractivity contribution is 7.92. The van der Waals surface area contributed by atoms with Crippen molar-refractivity contribution in [1.29, 1.82) is 0 Å². The number of hydrogen-bond acceptors (Lipinski definition) is 4. The number of sulfonamides is 1. The highest BCUT2D eigenvalue weighted by Crippen LogP contribution is 2.31. The molecule has 6 nitrogen and oxygen atoms in total. The van der Waals surface area contributed by atoms with Gasteiger partial charge in [0.05, 0.1) is 16.7 Å². The van der Waals surface area contributed by atoms with Crippen LogP contribution in [0, 0.1) is 0 Å². The first-order chi connectivity index (χ1) is 14.1. The molecule has 0 unspecified atom stereocenters. The lowest BCUT2D eigenvalue weighted by Gasteiger charge is -2.12. The van der Waals surface area contributed by atoms with Crippen LogP contribution in [-0.4, -0.2) is 14.3 Å². The van der Waals surface area contributed by atoms with Crippen molar-refractivity contribution in [3.63, 3.8) is 0 Å². The van der Waals surface area contributed by atoms with E-state index in [0.717, 1.165) is 12.1 Å².